The molecule has 1 amide bonds. The molecular formula is C19H17N5O2S. The van der Waals surface area contributed by atoms with Gasteiger partial charge in [0.2, 0.25) is 5.60 Å². The van der Waals surface area contributed by atoms with E-state index in [0.717, 1.165) is 21.0 Å². The number of thiazole rings is 1. The molecule has 136 valence electrons. The lowest BCUT2D eigenvalue weighted by atomic mass is 10.0. The predicted octanol–water partition coefficient (Wildman–Crippen LogP) is 1.59. The van der Waals surface area contributed by atoms with Crippen LogP contribution in [0.25, 0.3) is 20.9 Å². The zero-order valence-corrected chi connectivity index (χ0v) is 15.7. The van der Waals surface area contributed by atoms with Gasteiger partial charge >= 0.3 is 0 Å². The third kappa shape index (κ3) is 3.01. The Bertz CT molecular complexity index is 1130. The number of aryl methyl sites for hydroxylation is 1. The normalized spacial score (nSPS) is 19.4. The molecule has 1 aliphatic heterocycles. The Morgan fingerprint density at radius 3 is 2.89 bits per heavy atom. The lowest BCUT2D eigenvalue weighted by molar-refractivity contribution is -0.137. The number of fused-ring (bicyclic) bond motifs is 1. The van der Waals surface area contributed by atoms with Gasteiger partial charge in [0, 0.05) is 31.1 Å². The highest BCUT2D eigenvalue weighted by molar-refractivity contribution is 7.21. The number of likely N-dealkylation sites (tertiary alicyclic amines) is 1. The summed E-state index contributed by atoms with van der Waals surface area (Å²) in [6.45, 7) is 2.48. The lowest BCUT2D eigenvalue weighted by Gasteiger charge is -2.13. The van der Waals surface area contributed by atoms with Gasteiger partial charge in [-0.25, -0.2) is 15.0 Å². The van der Waals surface area contributed by atoms with E-state index in [1.165, 1.54) is 22.6 Å². The van der Waals surface area contributed by atoms with Crippen molar-refractivity contribution in [3.8, 4) is 22.4 Å². The first-order valence-electron chi connectivity index (χ1n) is 8.36. The minimum absolute atomic E-state index is 0.309. The summed E-state index contributed by atoms with van der Waals surface area (Å²) >= 11 is 1.43. The number of nitrogens with two attached hydrogens (primary N) is 1. The molecule has 0 unspecified atom stereocenters. The summed E-state index contributed by atoms with van der Waals surface area (Å²) in [5, 5.41) is 11.2. The van der Waals surface area contributed by atoms with Gasteiger partial charge in [0.1, 0.15) is 21.7 Å². The van der Waals surface area contributed by atoms with Crippen molar-refractivity contribution in [2.24, 2.45) is 0 Å². The van der Waals surface area contributed by atoms with Gasteiger partial charge in [-0.15, -0.1) is 0 Å². The van der Waals surface area contributed by atoms with Crippen LogP contribution in [0.5, 0.6) is 0 Å². The Morgan fingerprint density at radius 2 is 2.19 bits per heavy atom. The summed E-state index contributed by atoms with van der Waals surface area (Å²) < 4.78 is 0. The molecule has 0 spiro atoms. The number of carbonyl (C=O) groups is 1. The van der Waals surface area contributed by atoms with Crippen LogP contribution in [0.15, 0.2) is 24.5 Å². The van der Waals surface area contributed by atoms with Crippen molar-refractivity contribution in [1.29, 1.82) is 0 Å². The van der Waals surface area contributed by atoms with Gasteiger partial charge in [0.05, 0.1) is 0 Å². The molecule has 0 radical (unpaired) electrons. The summed E-state index contributed by atoms with van der Waals surface area (Å²) in [4.78, 5) is 27.0. The van der Waals surface area contributed by atoms with Crippen molar-refractivity contribution in [3.63, 3.8) is 0 Å². The maximum atomic E-state index is 12.1. The Balaban J connectivity index is 1.73. The first-order chi connectivity index (χ1) is 12.9. The Kier molecular flexibility index (Phi) is 4.06. The van der Waals surface area contributed by atoms with Crippen molar-refractivity contribution < 1.29 is 9.90 Å². The van der Waals surface area contributed by atoms with Crippen LogP contribution in [-0.4, -0.2) is 50.1 Å². The van der Waals surface area contributed by atoms with Crippen LogP contribution >= 0.6 is 11.3 Å². The highest BCUT2D eigenvalue weighted by Crippen LogP contribution is 2.33. The monoisotopic (exact) mass is 379 g/mol. The Morgan fingerprint density at radius 1 is 1.37 bits per heavy atom. The highest BCUT2D eigenvalue weighted by atomic mass is 32.1. The van der Waals surface area contributed by atoms with Gasteiger partial charge in [0.25, 0.3) is 5.91 Å². The summed E-state index contributed by atoms with van der Waals surface area (Å²) in [6.07, 6.45) is 1.73. The largest absolute Gasteiger partial charge is 0.382 e. The number of nitrogen functional groups attached to an aromatic ring is 1. The number of likely N-dealkylation sites (N-methyl/N-ethyl adjacent to an activating group) is 1. The summed E-state index contributed by atoms with van der Waals surface area (Å²) in [6, 6.07) is 5.70. The molecule has 1 aromatic carbocycles. The molecule has 8 heteroatoms. The van der Waals surface area contributed by atoms with E-state index < -0.39 is 5.60 Å². The average Bonchev–Trinajstić information content (AvgIpc) is 3.20. The molecular weight excluding hydrogens is 362 g/mol. The molecule has 1 aliphatic rings. The molecule has 1 fully saturated rings. The zero-order valence-electron chi connectivity index (χ0n) is 14.9. The number of nitrogens with zero attached hydrogens (tertiary/aromatic N) is 4. The second kappa shape index (κ2) is 6.30. The van der Waals surface area contributed by atoms with Crippen LogP contribution in [0.1, 0.15) is 17.5 Å². The van der Waals surface area contributed by atoms with Crippen LogP contribution < -0.4 is 5.73 Å². The maximum absolute atomic E-state index is 12.1. The van der Waals surface area contributed by atoms with Crippen LogP contribution in [0, 0.1) is 18.8 Å². The minimum atomic E-state index is -1.61. The Labute approximate surface area is 159 Å². The number of amides is 1. The molecule has 7 nitrogen and oxygen atoms in total. The summed E-state index contributed by atoms with van der Waals surface area (Å²) in [5.41, 5.74) is 7.49. The second-order valence-corrected chi connectivity index (χ2v) is 7.53. The van der Waals surface area contributed by atoms with E-state index in [4.69, 9.17) is 5.73 Å². The molecule has 3 N–H and O–H groups in total. The number of carbonyl (C=O) groups excluding carboxylic acids is 1. The second-order valence-electron chi connectivity index (χ2n) is 6.55. The standard InChI is InChI=1S/C19H17N5O2S/c1-11-3-4-12(5-6-19(26)7-8-24(2)18(19)25)9-13(11)16-23-14-15(20)21-10-22-17(14)27-16/h3-4,9-10,26H,7-8H2,1-2H3,(H2,20,21,22)/t19-/m1/s1. The number of hydrogen-bond donors (Lipinski definition) is 2. The smallest absolute Gasteiger partial charge is 0.267 e. The van der Waals surface area contributed by atoms with Gasteiger partial charge in [-0.3, -0.25) is 4.79 Å². The molecule has 3 heterocycles. The fourth-order valence-corrected chi connectivity index (χ4v) is 3.96. The third-order valence-electron chi connectivity index (χ3n) is 4.61. The molecule has 0 saturated carbocycles. The number of hydrogen-bond acceptors (Lipinski definition) is 7. The van der Waals surface area contributed by atoms with E-state index in [-0.39, 0.29) is 5.91 Å². The van der Waals surface area contributed by atoms with E-state index in [1.54, 1.807) is 7.05 Å². The highest BCUT2D eigenvalue weighted by Gasteiger charge is 2.42. The SMILES string of the molecule is Cc1ccc(C#C[C@@]2(O)CCN(C)C2=O)cc1-c1nc2c(N)ncnc2s1. The third-order valence-corrected chi connectivity index (χ3v) is 5.61. The van der Waals surface area contributed by atoms with Crippen LogP contribution in [0.4, 0.5) is 5.82 Å². The van der Waals surface area contributed by atoms with Crippen molar-refractivity contribution >= 4 is 33.4 Å². The molecule has 27 heavy (non-hydrogen) atoms. The lowest BCUT2D eigenvalue weighted by Crippen LogP contribution is -2.37. The molecule has 3 aromatic rings. The van der Waals surface area contributed by atoms with Crippen LogP contribution in [0.2, 0.25) is 0 Å². The van der Waals surface area contributed by atoms with E-state index in [9.17, 15) is 9.90 Å². The van der Waals surface area contributed by atoms with E-state index >= 15 is 0 Å². The first-order valence-corrected chi connectivity index (χ1v) is 9.18. The van der Waals surface area contributed by atoms with Gasteiger partial charge < -0.3 is 15.7 Å². The number of aliphatic hydroxyl groups is 1. The van der Waals surface area contributed by atoms with Crippen LogP contribution in [0.3, 0.4) is 0 Å². The zero-order chi connectivity index (χ0) is 19.2. The molecule has 4 rings (SSSR count). The quantitative estimate of drug-likeness (QED) is 0.622. The predicted molar refractivity (Wildman–Crippen MR) is 104 cm³/mol. The molecule has 1 saturated heterocycles. The first kappa shape index (κ1) is 17.4. The van der Waals surface area contributed by atoms with Gasteiger partial charge in [-0.2, -0.15) is 0 Å². The minimum Gasteiger partial charge on any atom is -0.382 e. The number of rotatable bonds is 1. The molecule has 0 aliphatic carbocycles. The number of anilines is 1. The summed E-state index contributed by atoms with van der Waals surface area (Å²) in [7, 11) is 1.66. The Hall–Kier alpha value is -3.02. The van der Waals surface area contributed by atoms with E-state index in [0.29, 0.717) is 29.9 Å². The van der Waals surface area contributed by atoms with Crippen molar-refractivity contribution in [1.82, 2.24) is 19.9 Å². The van der Waals surface area contributed by atoms with Gasteiger partial charge in [-0.05, 0) is 24.6 Å². The topological polar surface area (TPSA) is 105 Å². The fraction of sp³-hybridized carbons (Fsp3) is 0.263. The maximum Gasteiger partial charge on any atom is 0.267 e. The fourth-order valence-electron chi connectivity index (χ4n) is 2.96. The molecule has 2 aromatic heterocycles. The van der Waals surface area contributed by atoms with Gasteiger partial charge in [-0.1, -0.05) is 29.2 Å². The van der Waals surface area contributed by atoms with Crippen molar-refractivity contribution in [3.05, 3.63) is 35.7 Å². The number of aromatic nitrogens is 3. The molecule has 1 atom stereocenters. The van der Waals surface area contributed by atoms with E-state index in [1.807, 2.05) is 25.1 Å². The molecule has 0 bridgehead atoms. The summed E-state index contributed by atoms with van der Waals surface area (Å²) in [5.74, 6) is 5.67. The van der Waals surface area contributed by atoms with Crippen molar-refractivity contribution in [2.45, 2.75) is 18.9 Å². The number of benzene rings is 1. The average molecular weight is 379 g/mol. The van der Waals surface area contributed by atoms with E-state index in [2.05, 4.69) is 26.8 Å². The van der Waals surface area contributed by atoms with Gasteiger partial charge in [0.15, 0.2) is 5.82 Å². The van der Waals surface area contributed by atoms with Crippen molar-refractivity contribution in [2.75, 3.05) is 19.3 Å². The van der Waals surface area contributed by atoms with Crippen LogP contribution in [-0.2, 0) is 4.79 Å².